The van der Waals surface area contributed by atoms with Gasteiger partial charge in [-0.2, -0.15) is 0 Å². The monoisotopic (exact) mass is 666 g/mol. The van der Waals surface area contributed by atoms with Crippen molar-refractivity contribution in [3.63, 3.8) is 0 Å². The van der Waals surface area contributed by atoms with Crippen molar-refractivity contribution in [3.8, 4) is 55.5 Å². The molecule has 0 aliphatic carbocycles. The van der Waals surface area contributed by atoms with Gasteiger partial charge in [-0.05, 0) is 78.7 Å². The predicted octanol–water partition coefficient (Wildman–Crippen LogP) is 13.5. The lowest BCUT2D eigenvalue weighted by molar-refractivity contribution is 1.19. The topological polar surface area (TPSA) is 25.8 Å². The predicted molar refractivity (Wildman–Crippen MR) is 217 cm³/mol. The number of benzene rings is 8. The van der Waals surface area contributed by atoms with E-state index in [-0.39, 0.29) is 0 Å². The van der Waals surface area contributed by atoms with Crippen molar-refractivity contribution in [3.05, 3.63) is 182 Å². The maximum absolute atomic E-state index is 5.45. The van der Waals surface area contributed by atoms with E-state index in [2.05, 4.69) is 182 Å². The van der Waals surface area contributed by atoms with Crippen molar-refractivity contribution in [1.82, 2.24) is 9.97 Å². The molecule has 0 saturated carbocycles. The first-order valence-electron chi connectivity index (χ1n) is 17.2. The van der Waals surface area contributed by atoms with Gasteiger partial charge in [-0.3, -0.25) is 0 Å². The first kappa shape index (κ1) is 29.5. The van der Waals surface area contributed by atoms with E-state index in [9.17, 15) is 0 Å². The van der Waals surface area contributed by atoms with E-state index in [1.807, 2.05) is 11.3 Å². The summed E-state index contributed by atoms with van der Waals surface area (Å²) in [5.41, 5.74) is 8.47. The maximum atomic E-state index is 5.45. The van der Waals surface area contributed by atoms with Gasteiger partial charge in [0.2, 0.25) is 0 Å². The fourth-order valence-electron chi connectivity index (χ4n) is 7.41. The fourth-order valence-corrected chi connectivity index (χ4v) is 8.48. The van der Waals surface area contributed by atoms with Crippen LogP contribution in [0.5, 0.6) is 0 Å². The molecule has 0 spiro atoms. The van der Waals surface area contributed by atoms with E-state index in [1.54, 1.807) is 0 Å². The van der Waals surface area contributed by atoms with E-state index in [0.717, 1.165) is 55.8 Å². The summed E-state index contributed by atoms with van der Waals surface area (Å²) in [4.78, 5) is 12.1. The second-order valence-electron chi connectivity index (χ2n) is 13.0. The van der Waals surface area contributed by atoms with E-state index in [0.29, 0.717) is 0 Å². The smallest absolute Gasteiger partial charge is 0.161 e. The molecule has 238 valence electrons. The lowest BCUT2D eigenvalue weighted by Gasteiger charge is -2.16. The number of hydrogen-bond acceptors (Lipinski definition) is 3. The molecule has 0 aliphatic heterocycles. The van der Waals surface area contributed by atoms with Gasteiger partial charge in [-0.1, -0.05) is 158 Å². The lowest BCUT2D eigenvalue weighted by atomic mass is 9.92. The molecule has 2 aromatic heterocycles. The van der Waals surface area contributed by atoms with E-state index in [1.165, 1.54) is 42.1 Å². The Bertz CT molecular complexity index is 2870. The number of hydrogen-bond donors (Lipinski definition) is 0. The maximum Gasteiger partial charge on any atom is 0.161 e. The van der Waals surface area contributed by atoms with Crippen molar-refractivity contribution in [2.45, 2.75) is 0 Å². The first-order chi connectivity index (χ1) is 25.3. The van der Waals surface area contributed by atoms with Crippen LogP contribution in [-0.4, -0.2) is 9.97 Å². The molecule has 0 saturated heterocycles. The highest BCUT2D eigenvalue weighted by atomic mass is 32.1. The van der Waals surface area contributed by atoms with Crippen LogP contribution in [0.2, 0.25) is 0 Å². The third-order valence-corrected chi connectivity index (χ3v) is 11.1. The van der Waals surface area contributed by atoms with Crippen LogP contribution >= 0.6 is 11.3 Å². The molecular formula is C48H30N2S. The molecule has 8 aromatic carbocycles. The summed E-state index contributed by atoms with van der Waals surface area (Å²) >= 11 is 1.83. The Morgan fingerprint density at radius 1 is 0.353 bits per heavy atom. The largest absolute Gasteiger partial charge is 0.228 e. The van der Waals surface area contributed by atoms with Gasteiger partial charge in [-0.15, -0.1) is 11.3 Å². The summed E-state index contributed by atoms with van der Waals surface area (Å²) in [6, 6.07) is 65.0. The molecule has 0 atom stereocenters. The van der Waals surface area contributed by atoms with Gasteiger partial charge in [0.1, 0.15) is 0 Å². The first-order valence-corrected chi connectivity index (χ1v) is 18.1. The summed E-state index contributed by atoms with van der Waals surface area (Å²) < 4.78 is 1.30. The molecule has 10 rings (SSSR count). The SMILES string of the molecule is c1ccc(-c2ccccc2-c2cc(-c3ccc(-c4cc5ccccc5s4)cc3)nc(-c3c4ccccc4cc4c3ccc3ccccc34)n2)cc1. The number of fused-ring (bicyclic) bond motifs is 5. The average Bonchev–Trinajstić information content (AvgIpc) is 3.65. The number of aromatic nitrogens is 2. The van der Waals surface area contributed by atoms with E-state index < -0.39 is 0 Å². The zero-order valence-corrected chi connectivity index (χ0v) is 28.4. The van der Waals surface area contributed by atoms with Crippen molar-refractivity contribution in [2.24, 2.45) is 0 Å². The fraction of sp³-hybridized carbons (Fsp3) is 0. The summed E-state index contributed by atoms with van der Waals surface area (Å²) in [7, 11) is 0. The zero-order valence-electron chi connectivity index (χ0n) is 27.6. The highest BCUT2D eigenvalue weighted by molar-refractivity contribution is 7.22. The van der Waals surface area contributed by atoms with Gasteiger partial charge >= 0.3 is 0 Å². The molecule has 0 amide bonds. The van der Waals surface area contributed by atoms with Crippen molar-refractivity contribution < 1.29 is 0 Å². The second-order valence-corrected chi connectivity index (χ2v) is 14.0. The Balaban J connectivity index is 1.22. The van der Waals surface area contributed by atoms with Gasteiger partial charge in [0.25, 0.3) is 0 Å². The normalized spacial score (nSPS) is 11.5. The van der Waals surface area contributed by atoms with Gasteiger partial charge < -0.3 is 0 Å². The third kappa shape index (κ3) is 5.18. The Kier molecular flexibility index (Phi) is 7.04. The van der Waals surface area contributed by atoms with Crippen molar-refractivity contribution in [1.29, 1.82) is 0 Å². The molecule has 0 radical (unpaired) electrons. The van der Waals surface area contributed by atoms with Crippen LogP contribution in [0.3, 0.4) is 0 Å². The molecule has 3 heteroatoms. The molecule has 2 nitrogen and oxygen atoms in total. The Hall–Kier alpha value is -6.42. The summed E-state index contributed by atoms with van der Waals surface area (Å²) in [5, 5.41) is 8.38. The zero-order chi connectivity index (χ0) is 33.7. The van der Waals surface area contributed by atoms with Crippen LogP contribution in [0.15, 0.2) is 182 Å². The molecule has 2 heterocycles. The molecule has 0 N–H and O–H groups in total. The van der Waals surface area contributed by atoms with Crippen LogP contribution in [0.25, 0.3) is 97.9 Å². The van der Waals surface area contributed by atoms with Gasteiger partial charge in [0.15, 0.2) is 5.82 Å². The van der Waals surface area contributed by atoms with Crippen LogP contribution < -0.4 is 0 Å². The number of thiophene rings is 1. The van der Waals surface area contributed by atoms with Gasteiger partial charge in [0, 0.05) is 26.3 Å². The Morgan fingerprint density at radius 2 is 1.00 bits per heavy atom. The molecule has 10 aromatic rings. The van der Waals surface area contributed by atoms with Crippen LogP contribution in [0.4, 0.5) is 0 Å². The molecule has 0 aliphatic rings. The van der Waals surface area contributed by atoms with Crippen LogP contribution in [-0.2, 0) is 0 Å². The minimum Gasteiger partial charge on any atom is -0.228 e. The standard InChI is InChI=1S/C48H30N2S/c1-2-12-31(13-3-1)37-17-9-10-20-40(37)44-30-43(33-22-24-34(25-23-33)46-29-36-16-6-11-21-45(36)51-46)49-48(50-44)47-39-19-8-5-15-35(39)28-42-38-18-7-4-14-32(38)26-27-41(42)47/h1-30H. The Labute approximate surface area is 300 Å². The average molecular weight is 667 g/mol. The second kappa shape index (κ2) is 12.2. The highest BCUT2D eigenvalue weighted by Crippen LogP contribution is 2.41. The van der Waals surface area contributed by atoms with E-state index >= 15 is 0 Å². The van der Waals surface area contributed by atoms with Crippen molar-refractivity contribution in [2.75, 3.05) is 0 Å². The molecule has 0 unspecified atom stereocenters. The minimum atomic E-state index is 0.719. The summed E-state index contributed by atoms with van der Waals surface area (Å²) in [6.45, 7) is 0. The summed E-state index contributed by atoms with van der Waals surface area (Å²) in [5.74, 6) is 0.719. The molecule has 0 bridgehead atoms. The van der Waals surface area contributed by atoms with Crippen molar-refractivity contribution >= 4 is 53.7 Å². The minimum absolute atomic E-state index is 0.719. The van der Waals surface area contributed by atoms with Gasteiger partial charge in [0.05, 0.1) is 11.4 Å². The Morgan fingerprint density at radius 3 is 1.82 bits per heavy atom. The molecule has 0 fully saturated rings. The molecule has 51 heavy (non-hydrogen) atoms. The quantitative estimate of drug-likeness (QED) is 0.135. The number of nitrogens with zero attached hydrogens (tertiary/aromatic N) is 2. The molecular weight excluding hydrogens is 637 g/mol. The highest BCUT2D eigenvalue weighted by Gasteiger charge is 2.19. The number of rotatable bonds is 5. The third-order valence-electron chi connectivity index (χ3n) is 9.90. The van der Waals surface area contributed by atoms with Crippen LogP contribution in [0, 0.1) is 0 Å². The van der Waals surface area contributed by atoms with Gasteiger partial charge in [-0.25, -0.2) is 9.97 Å². The van der Waals surface area contributed by atoms with Crippen LogP contribution in [0.1, 0.15) is 0 Å². The van der Waals surface area contributed by atoms with E-state index in [4.69, 9.17) is 9.97 Å². The summed E-state index contributed by atoms with van der Waals surface area (Å²) in [6.07, 6.45) is 0. The lowest BCUT2D eigenvalue weighted by Crippen LogP contribution is -1.98.